The first-order valence-corrected chi connectivity index (χ1v) is 12.1. The van der Waals surface area contributed by atoms with E-state index in [9.17, 15) is 0 Å². The fourth-order valence-corrected chi connectivity index (χ4v) is 5.67. The molecule has 1 aliphatic heterocycles. The van der Waals surface area contributed by atoms with E-state index in [-0.39, 0.29) is 11.1 Å². The van der Waals surface area contributed by atoms with E-state index in [1.54, 1.807) is 7.11 Å². The van der Waals surface area contributed by atoms with Crippen LogP contribution in [0.25, 0.3) is 33.3 Å². The Kier molecular flexibility index (Phi) is 5.75. The summed E-state index contributed by atoms with van der Waals surface area (Å²) in [6.07, 6.45) is 3.94. The molecule has 4 aromatic rings. The summed E-state index contributed by atoms with van der Waals surface area (Å²) in [5.74, 6) is 1.64. The van der Waals surface area contributed by atoms with Gasteiger partial charge in [-0.3, -0.25) is 5.10 Å². The summed E-state index contributed by atoms with van der Waals surface area (Å²) in [4.78, 5) is 2.27. The van der Waals surface area contributed by atoms with Crippen LogP contribution in [0.4, 0.5) is 5.82 Å². The van der Waals surface area contributed by atoms with Crippen LogP contribution in [0.3, 0.4) is 0 Å². The summed E-state index contributed by atoms with van der Waals surface area (Å²) in [6.45, 7) is 9.08. The van der Waals surface area contributed by atoms with Crippen molar-refractivity contribution in [3.63, 3.8) is 0 Å². The molecule has 2 aromatic carbocycles. The SMILES string of the molecule is COc1cc(-c2cccc3cn[nH]c23)ccc1-c1ccc(N(C)C2CC(C)(C)NC(C)(C)C2)nn1. The predicted octanol–water partition coefficient (Wildman–Crippen LogP) is 5.44. The average molecular weight is 471 g/mol. The topological polar surface area (TPSA) is 79.0 Å². The molecule has 0 unspecified atom stereocenters. The van der Waals surface area contributed by atoms with E-state index in [1.165, 1.54) is 0 Å². The van der Waals surface area contributed by atoms with Gasteiger partial charge in [0.2, 0.25) is 0 Å². The van der Waals surface area contributed by atoms with E-state index in [0.717, 1.165) is 57.7 Å². The zero-order valence-corrected chi connectivity index (χ0v) is 21.4. The molecular weight excluding hydrogens is 436 g/mol. The van der Waals surface area contributed by atoms with Gasteiger partial charge in [-0.05, 0) is 70.4 Å². The highest BCUT2D eigenvalue weighted by atomic mass is 16.5. The monoisotopic (exact) mass is 470 g/mol. The van der Waals surface area contributed by atoms with Crippen LogP contribution in [-0.2, 0) is 0 Å². The first-order chi connectivity index (χ1) is 16.7. The average Bonchev–Trinajstić information content (AvgIpc) is 3.30. The second kappa shape index (κ2) is 8.64. The third kappa shape index (κ3) is 4.60. The van der Waals surface area contributed by atoms with E-state index in [4.69, 9.17) is 4.74 Å². The maximum absolute atomic E-state index is 5.76. The second-order valence-electron chi connectivity index (χ2n) is 10.9. The molecule has 1 aliphatic rings. The number of H-pyrrole nitrogens is 1. The van der Waals surface area contributed by atoms with Gasteiger partial charge < -0.3 is 15.0 Å². The third-order valence-electron chi connectivity index (χ3n) is 6.99. The number of hydrogen-bond donors (Lipinski definition) is 2. The highest BCUT2D eigenvalue weighted by Crippen LogP contribution is 2.36. The Bertz CT molecular complexity index is 1330. The zero-order valence-electron chi connectivity index (χ0n) is 21.4. The Hall–Kier alpha value is -3.45. The first kappa shape index (κ1) is 23.3. The second-order valence-corrected chi connectivity index (χ2v) is 10.9. The molecule has 5 rings (SSSR count). The number of nitrogens with one attached hydrogen (secondary N) is 2. The minimum absolute atomic E-state index is 0.0731. The minimum Gasteiger partial charge on any atom is -0.496 e. The maximum Gasteiger partial charge on any atom is 0.151 e. The van der Waals surface area contributed by atoms with Crippen molar-refractivity contribution in [1.29, 1.82) is 0 Å². The number of rotatable bonds is 5. The van der Waals surface area contributed by atoms with Gasteiger partial charge in [0.25, 0.3) is 0 Å². The molecule has 0 radical (unpaired) electrons. The van der Waals surface area contributed by atoms with E-state index >= 15 is 0 Å². The third-order valence-corrected chi connectivity index (χ3v) is 6.99. The summed E-state index contributed by atoms with van der Waals surface area (Å²) < 4.78 is 5.76. The molecule has 2 aromatic heterocycles. The van der Waals surface area contributed by atoms with Crippen molar-refractivity contribution in [2.45, 2.75) is 57.7 Å². The smallest absolute Gasteiger partial charge is 0.151 e. The number of aromatic nitrogens is 4. The summed E-state index contributed by atoms with van der Waals surface area (Å²) >= 11 is 0. The van der Waals surface area contributed by atoms with Gasteiger partial charge in [0.1, 0.15) is 5.75 Å². The largest absolute Gasteiger partial charge is 0.496 e. The van der Waals surface area contributed by atoms with Gasteiger partial charge in [0.15, 0.2) is 5.82 Å². The number of anilines is 1. The quantitative estimate of drug-likeness (QED) is 0.404. The molecule has 0 amide bonds. The van der Waals surface area contributed by atoms with E-state index in [1.807, 2.05) is 30.5 Å². The van der Waals surface area contributed by atoms with Gasteiger partial charge in [-0.25, -0.2) is 0 Å². The number of piperidine rings is 1. The van der Waals surface area contributed by atoms with Crippen molar-refractivity contribution in [3.8, 4) is 28.1 Å². The van der Waals surface area contributed by atoms with Crippen LogP contribution in [0.15, 0.2) is 54.7 Å². The molecule has 1 saturated heterocycles. The van der Waals surface area contributed by atoms with Crippen LogP contribution in [-0.4, -0.2) is 51.7 Å². The molecule has 7 heteroatoms. The maximum atomic E-state index is 5.76. The molecule has 35 heavy (non-hydrogen) atoms. The van der Waals surface area contributed by atoms with Crippen molar-refractivity contribution in [2.24, 2.45) is 0 Å². The van der Waals surface area contributed by atoms with E-state index in [2.05, 4.69) is 89.6 Å². The van der Waals surface area contributed by atoms with Crippen molar-refractivity contribution in [1.82, 2.24) is 25.7 Å². The van der Waals surface area contributed by atoms with Crippen molar-refractivity contribution in [2.75, 3.05) is 19.1 Å². The molecule has 1 fully saturated rings. The van der Waals surface area contributed by atoms with E-state index in [0.29, 0.717) is 6.04 Å². The number of methoxy groups -OCH3 is 1. The Balaban J connectivity index is 1.41. The first-order valence-electron chi connectivity index (χ1n) is 12.1. The highest BCUT2D eigenvalue weighted by molar-refractivity contribution is 5.94. The van der Waals surface area contributed by atoms with Crippen LogP contribution >= 0.6 is 0 Å². The van der Waals surface area contributed by atoms with Gasteiger partial charge in [-0.2, -0.15) is 5.10 Å². The highest BCUT2D eigenvalue weighted by Gasteiger charge is 2.39. The molecule has 2 N–H and O–H groups in total. The standard InChI is InChI=1S/C28H34N6O/c1-27(2)15-20(16-28(3,4)33-27)34(5)25-13-12-23(30-31-25)22-11-10-18(14-24(22)35-6)21-9-7-8-19-17-29-32-26(19)21/h7-14,17,20,33H,15-16H2,1-6H3,(H,29,32). The van der Waals surface area contributed by atoms with E-state index < -0.39 is 0 Å². The lowest BCUT2D eigenvalue weighted by atomic mass is 9.79. The zero-order chi connectivity index (χ0) is 24.8. The molecule has 7 nitrogen and oxygen atoms in total. The number of fused-ring (bicyclic) bond motifs is 1. The number of aromatic amines is 1. The number of nitrogens with zero attached hydrogens (tertiary/aromatic N) is 4. The Morgan fingerprint density at radius 2 is 1.71 bits per heavy atom. The molecule has 0 spiro atoms. The van der Waals surface area contributed by atoms with Crippen LogP contribution in [0, 0.1) is 0 Å². The van der Waals surface area contributed by atoms with Gasteiger partial charge in [0, 0.05) is 40.7 Å². The fraction of sp³-hybridized carbons (Fsp3) is 0.393. The van der Waals surface area contributed by atoms with Gasteiger partial charge in [0.05, 0.1) is 24.5 Å². The van der Waals surface area contributed by atoms with Gasteiger partial charge in [-0.1, -0.05) is 24.3 Å². The molecule has 182 valence electrons. The summed E-state index contributed by atoms with van der Waals surface area (Å²) in [6, 6.07) is 16.8. The summed E-state index contributed by atoms with van der Waals surface area (Å²) in [5.41, 5.74) is 5.00. The molecule has 0 saturated carbocycles. The molecular formula is C28H34N6O. The van der Waals surface area contributed by atoms with Crippen LogP contribution in [0.1, 0.15) is 40.5 Å². The van der Waals surface area contributed by atoms with Gasteiger partial charge in [-0.15, -0.1) is 10.2 Å². The number of hydrogen-bond acceptors (Lipinski definition) is 6. The normalized spacial score (nSPS) is 17.4. The van der Waals surface area contributed by atoms with Crippen LogP contribution in [0.2, 0.25) is 0 Å². The van der Waals surface area contributed by atoms with Crippen LogP contribution in [0.5, 0.6) is 5.75 Å². The van der Waals surface area contributed by atoms with Crippen molar-refractivity contribution >= 4 is 16.7 Å². The lowest BCUT2D eigenvalue weighted by Crippen LogP contribution is -2.62. The predicted molar refractivity (Wildman–Crippen MR) is 142 cm³/mol. The Morgan fingerprint density at radius 1 is 0.943 bits per heavy atom. The molecule has 0 atom stereocenters. The summed E-state index contributed by atoms with van der Waals surface area (Å²) in [7, 11) is 3.81. The number of ether oxygens (including phenoxy) is 1. The fourth-order valence-electron chi connectivity index (χ4n) is 5.67. The number of para-hydroxylation sites is 1. The molecule has 3 heterocycles. The number of benzene rings is 2. The molecule has 0 bridgehead atoms. The lowest BCUT2D eigenvalue weighted by molar-refractivity contribution is 0.160. The molecule has 0 aliphatic carbocycles. The van der Waals surface area contributed by atoms with Crippen molar-refractivity contribution < 1.29 is 4.74 Å². The summed E-state index contributed by atoms with van der Waals surface area (Å²) in [5, 5.41) is 21.3. The van der Waals surface area contributed by atoms with Gasteiger partial charge >= 0.3 is 0 Å². The Morgan fingerprint density at radius 3 is 2.40 bits per heavy atom. The minimum atomic E-state index is 0.0731. The Labute approximate surface area is 206 Å². The van der Waals surface area contributed by atoms with Crippen molar-refractivity contribution in [3.05, 3.63) is 54.7 Å². The lowest BCUT2D eigenvalue weighted by Gasteiger charge is -2.49. The van der Waals surface area contributed by atoms with Crippen LogP contribution < -0.4 is 15.0 Å².